The molecule has 0 aliphatic carbocycles. The highest BCUT2D eigenvalue weighted by Gasteiger charge is 2.15. The molecule has 16 heavy (non-hydrogen) atoms. The summed E-state index contributed by atoms with van der Waals surface area (Å²) in [4.78, 5) is 11.2. The van der Waals surface area contributed by atoms with Crippen molar-refractivity contribution in [2.75, 3.05) is 6.54 Å². The molecule has 0 aromatic carbocycles. The fourth-order valence-electron chi connectivity index (χ4n) is 1.26. The van der Waals surface area contributed by atoms with Crippen molar-refractivity contribution in [1.82, 2.24) is 10.9 Å². The third-order valence-corrected chi connectivity index (χ3v) is 1.99. The van der Waals surface area contributed by atoms with Gasteiger partial charge in [-0.05, 0) is 27.2 Å². The molecule has 0 unspecified atom stereocenters. The van der Waals surface area contributed by atoms with E-state index in [1.54, 1.807) is 0 Å². The van der Waals surface area contributed by atoms with Gasteiger partial charge in [-0.25, -0.2) is 10.2 Å². The number of hydrazine groups is 1. The molecule has 0 atom stereocenters. The first kappa shape index (κ1) is 15.2. The molecular formula is C12H26N2O2. The van der Waals surface area contributed by atoms with Gasteiger partial charge in [0, 0.05) is 6.54 Å². The summed E-state index contributed by atoms with van der Waals surface area (Å²) < 4.78 is 5.07. The van der Waals surface area contributed by atoms with Gasteiger partial charge in [0.25, 0.3) is 0 Å². The third kappa shape index (κ3) is 11.3. The standard InChI is InChI=1S/C12H26N2O2/c1-5-6-7-8-9-10-13-14-11(15)16-12(2,3)4/h13H,5-10H2,1-4H3,(H,14,15). The Morgan fingerprint density at radius 3 is 2.31 bits per heavy atom. The van der Waals surface area contributed by atoms with Crippen LogP contribution in [0, 0.1) is 0 Å². The van der Waals surface area contributed by atoms with Gasteiger partial charge in [0.05, 0.1) is 0 Å². The molecule has 2 N–H and O–H groups in total. The smallest absolute Gasteiger partial charge is 0.422 e. The van der Waals surface area contributed by atoms with Gasteiger partial charge in [-0.3, -0.25) is 5.43 Å². The van der Waals surface area contributed by atoms with Crippen molar-refractivity contribution in [3.8, 4) is 0 Å². The second-order valence-corrected chi connectivity index (χ2v) is 4.97. The number of hydrogen-bond acceptors (Lipinski definition) is 3. The molecule has 4 heteroatoms. The predicted molar refractivity (Wildman–Crippen MR) is 66.1 cm³/mol. The van der Waals surface area contributed by atoms with Crippen LogP contribution in [-0.2, 0) is 4.74 Å². The van der Waals surface area contributed by atoms with Crippen LogP contribution in [0.1, 0.15) is 59.8 Å². The molecule has 0 bridgehead atoms. The van der Waals surface area contributed by atoms with Crippen molar-refractivity contribution < 1.29 is 9.53 Å². The summed E-state index contributed by atoms with van der Waals surface area (Å²) in [5.41, 5.74) is 4.94. The lowest BCUT2D eigenvalue weighted by atomic mass is 10.2. The molecule has 0 aromatic rings. The molecule has 0 heterocycles. The summed E-state index contributed by atoms with van der Waals surface area (Å²) >= 11 is 0. The minimum Gasteiger partial charge on any atom is -0.443 e. The van der Waals surface area contributed by atoms with Crippen LogP contribution in [0.3, 0.4) is 0 Å². The number of amides is 1. The van der Waals surface area contributed by atoms with Crippen molar-refractivity contribution in [3.05, 3.63) is 0 Å². The van der Waals surface area contributed by atoms with Gasteiger partial charge < -0.3 is 4.74 Å². The Balaban J connectivity index is 3.28. The summed E-state index contributed by atoms with van der Waals surface area (Å²) in [5, 5.41) is 0. The van der Waals surface area contributed by atoms with Gasteiger partial charge in [-0.2, -0.15) is 0 Å². The van der Waals surface area contributed by atoms with Crippen molar-refractivity contribution in [1.29, 1.82) is 0 Å². The van der Waals surface area contributed by atoms with E-state index < -0.39 is 11.7 Å². The highest BCUT2D eigenvalue weighted by Crippen LogP contribution is 2.06. The Morgan fingerprint density at radius 2 is 1.75 bits per heavy atom. The number of carbonyl (C=O) groups excluding carboxylic acids is 1. The van der Waals surface area contributed by atoms with E-state index in [1.807, 2.05) is 20.8 Å². The molecule has 0 aliphatic rings. The fraction of sp³-hybridized carbons (Fsp3) is 0.917. The van der Waals surface area contributed by atoms with E-state index in [9.17, 15) is 4.79 Å². The van der Waals surface area contributed by atoms with Crippen LogP contribution >= 0.6 is 0 Å². The monoisotopic (exact) mass is 230 g/mol. The van der Waals surface area contributed by atoms with Crippen molar-refractivity contribution >= 4 is 6.09 Å². The first-order valence-corrected chi connectivity index (χ1v) is 6.17. The topological polar surface area (TPSA) is 50.4 Å². The van der Waals surface area contributed by atoms with Crippen LogP contribution < -0.4 is 10.9 Å². The lowest BCUT2D eigenvalue weighted by Gasteiger charge is -2.19. The number of hydrogen-bond donors (Lipinski definition) is 2. The number of rotatable bonds is 7. The molecule has 0 spiro atoms. The lowest BCUT2D eigenvalue weighted by Crippen LogP contribution is -2.41. The Labute approximate surface area is 99.1 Å². The van der Waals surface area contributed by atoms with E-state index >= 15 is 0 Å². The zero-order chi connectivity index (χ0) is 12.4. The summed E-state index contributed by atoms with van der Waals surface area (Å²) in [7, 11) is 0. The molecule has 96 valence electrons. The third-order valence-electron chi connectivity index (χ3n) is 1.99. The van der Waals surface area contributed by atoms with E-state index in [0.717, 1.165) is 13.0 Å². The molecule has 0 aliphatic heterocycles. The summed E-state index contributed by atoms with van der Waals surface area (Å²) in [6.07, 6.45) is 5.68. The van der Waals surface area contributed by atoms with Crippen molar-refractivity contribution in [3.63, 3.8) is 0 Å². The van der Waals surface area contributed by atoms with Crippen LogP contribution in [-0.4, -0.2) is 18.2 Å². The van der Waals surface area contributed by atoms with Gasteiger partial charge in [0.1, 0.15) is 5.60 Å². The van der Waals surface area contributed by atoms with Crippen LogP contribution in [0.2, 0.25) is 0 Å². The van der Waals surface area contributed by atoms with E-state index in [-0.39, 0.29) is 0 Å². The first-order valence-electron chi connectivity index (χ1n) is 6.17. The summed E-state index contributed by atoms with van der Waals surface area (Å²) in [6, 6.07) is 0. The van der Waals surface area contributed by atoms with E-state index in [4.69, 9.17) is 4.74 Å². The van der Waals surface area contributed by atoms with E-state index in [1.165, 1.54) is 25.7 Å². The zero-order valence-electron chi connectivity index (χ0n) is 11.1. The fourth-order valence-corrected chi connectivity index (χ4v) is 1.26. The maximum absolute atomic E-state index is 11.2. The highest BCUT2D eigenvalue weighted by molar-refractivity contribution is 5.66. The summed E-state index contributed by atoms with van der Waals surface area (Å²) in [5.74, 6) is 0. The normalized spacial score (nSPS) is 11.2. The summed E-state index contributed by atoms with van der Waals surface area (Å²) in [6.45, 7) is 8.53. The SMILES string of the molecule is CCCCCCCNNC(=O)OC(C)(C)C. The van der Waals surface area contributed by atoms with Crippen LogP contribution in [0.25, 0.3) is 0 Å². The van der Waals surface area contributed by atoms with E-state index in [0.29, 0.717) is 0 Å². The van der Waals surface area contributed by atoms with Crippen molar-refractivity contribution in [2.45, 2.75) is 65.4 Å². The lowest BCUT2D eigenvalue weighted by molar-refractivity contribution is 0.0498. The van der Waals surface area contributed by atoms with Gasteiger partial charge in [-0.15, -0.1) is 0 Å². The van der Waals surface area contributed by atoms with Crippen LogP contribution in [0.5, 0.6) is 0 Å². The minimum atomic E-state index is -0.438. The molecule has 0 saturated carbocycles. The molecule has 0 rings (SSSR count). The molecule has 0 radical (unpaired) electrons. The number of ether oxygens (including phenoxy) is 1. The van der Waals surface area contributed by atoms with Crippen molar-refractivity contribution in [2.24, 2.45) is 0 Å². The Hall–Kier alpha value is -0.770. The Morgan fingerprint density at radius 1 is 1.12 bits per heavy atom. The maximum atomic E-state index is 11.2. The second-order valence-electron chi connectivity index (χ2n) is 4.97. The van der Waals surface area contributed by atoms with Gasteiger partial charge >= 0.3 is 6.09 Å². The highest BCUT2D eigenvalue weighted by atomic mass is 16.6. The molecule has 0 fully saturated rings. The minimum absolute atomic E-state index is 0.416. The molecular weight excluding hydrogens is 204 g/mol. The van der Waals surface area contributed by atoms with Gasteiger partial charge in [-0.1, -0.05) is 32.6 Å². The van der Waals surface area contributed by atoms with Crippen LogP contribution in [0.4, 0.5) is 4.79 Å². The second kappa shape index (κ2) is 8.39. The largest absolute Gasteiger partial charge is 0.443 e. The first-order chi connectivity index (χ1) is 7.45. The molecule has 4 nitrogen and oxygen atoms in total. The molecule has 1 amide bonds. The Bertz CT molecular complexity index is 188. The maximum Gasteiger partial charge on any atom is 0.422 e. The molecule has 0 saturated heterocycles. The molecule has 0 aromatic heterocycles. The predicted octanol–water partition coefficient (Wildman–Crippen LogP) is 2.99. The quantitative estimate of drug-likeness (QED) is 0.522. The van der Waals surface area contributed by atoms with Gasteiger partial charge in [0.2, 0.25) is 0 Å². The number of nitrogens with one attached hydrogen (secondary N) is 2. The van der Waals surface area contributed by atoms with Gasteiger partial charge in [0.15, 0.2) is 0 Å². The Kier molecular flexibility index (Phi) is 7.99. The average molecular weight is 230 g/mol. The number of unbranched alkanes of at least 4 members (excludes halogenated alkanes) is 4. The number of carbonyl (C=O) groups is 1. The zero-order valence-corrected chi connectivity index (χ0v) is 11.1. The average Bonchev–Trinajstić information content (AvgIpc) is 2.13. The van der Waals surface area contributed by atoms with Crippen LogP contribution in [0.15, 0.2) is 0 Å². The van der Waals surface area contributed by atoms with E-state index in [2.05, 4.69) is 17.8 Å².